The molecule has 0 spiro atoms. The van der Waals surface area contributed by atoms with Crippen molar-refractivity contribution >= 4 is 28.3 Å². The number of aliphatic hydroxyl groups excluding tert-OH is 3. The number of ether oxygens (including phenoxy) is 1. The molecule has 1 saturated heterocycles. The van der Waals surface area contributed by atoms with E-state index in [1.54, 1.807) is 4.57 Å². The molecule has 5 N–H and O–H groups in total. The normalized spacial score (nSPS) is 27.1. The molecule has 24 heavy (non-hydrogen) atoms. The molecule has 0 amide bonds. The van der Waals surface area contributed by atoms with Gasteiger partial charge in [-0.2, -0.15) is 0 Å². The van der Waals surface area contributed by atoms with Gasteiger partial charge in [-0.1, -0.05) is 6.07 Å². The minimum Gasteiger partial charge on any atom is -0.394 e. The van der Waals surface area contributed by atoms with Crippen LogP contribution in [0.5, 0.6) is 0 Å². The van der Waals surface area contributed by atoms with E-state index in [4.69, 9.17) is 10.5 Å². The van der Waals surface area contributed by atoms with Crippen molar-refractivity contribution in [2.45, 2.75) is 24.5 Å². The van der Waals surface area contributed by atoms with Crippen LogP contribution < -0.4 is 5.73 Å². The molecule has 126 valence electrons. The van der Waals surface area contributed by atoms with Crippen LogP contribution >= 0.6 is 11.3 Å². The highest BCUT2D eigenvalue weighted by Gasteiger charge is 2.45. The zero-order valence-electron chi connectivity index (χ0n) is 12.4. The Morgan fingerprint density at radius 3 is 2.79 bits per heavy atom. The average molecular weight is 349 g/mol. The van der Waals surface area contributed by atoms with Gasteiger partial charge in [-0.25, -0.2) is 15.0 Å². The van der Waals surface area contributed by atoms with Crippen LogP contribution in [0.1, 0.15) is 6.23 Å². The van der Waals surface area contributed by atoms with Crippen molar-refractivity contribution in [3.63, 3.8) is 0 Å². The Bertz CT molecular complexity index is 868. The molecule has 1 aliphatic rings. The fraction of sp³-hybridized carbons (Fsp3) is 0.357. The number of anilines is 1. The van der Waals surface area contributed by atoms with Crippen molar-refractivity contribution in [3.8, 4) is 10.7 Å². The summed E-state index contributed by atoms with van der Waals surface area (Å²) < 4.78 is 7.23. The van der Waals surface area contributed by atoms with Gasteiger partial charge < -0.3 is 25.8 Å². The first-order valence-electron chi connectivity index (χ1n) is 7.26. The monoisotopic (exact) mass is 349 g/mol. The molecule has 9 nitrogen and oxygen atoms in total. The standard InChI is InChI=1S/C14H15N5O4S/c15-11-8-13(17-5-16-11)19(12(18-8)7-2-1-3-24-7)14-10(22)9(21)6(4-20)23-14/h1-3,5-6,9-10,14,20-22H,4H2,(H2,15,16,17)/t6-,9?,10?,14-/m1/s1. The van der Waals surface area contributed by atoms with Crippen LogP contribution in [0.4, 0.5) is 5.82 Å². The van der Waals surface area contributed by atoms with Gasteiger partial charge in [0.05, 0.1) is 11.5 Å². The van der Waals surface area contributed by atoms with E-state index in [1.165, 1.54) is 17.7 Å². The summed E-state index contributed by atoms with van der Waals surface area (Å²) in [5.74, 6) is 0.713. The molecule has 4 rings (SSSR count). The molecule has 2 unspecified atom stereocenters. The number of hydrogen-bond acceptors (Lipinski definition) is 9. The lowest BCUT2D eigenvalue weighted by Gasteiger charge is -2.18. The Hall–Kier alpha value is -2.11. The highest BCUT2D eigenvalue weighted by molar-refractivity contribution is 7.13. The van der Waals surface area contributed by atoms with E-state index < -0.39 is 31.1 Å². The second-order valence-electron chi connectivity index (χ2n) is 5.44. The predicted molar refractivity (Wildman–Crippen MR) is 86.1 cm³/mol. The quantitative estimate of drug-likeness (QED) is 0.507. The van der Waals surface area contributed by atoms with Crippen molar-refractivity contribution in [1.29, 1.82) is 0 Å². The first-order valence-corrected chi connectivity index (χ1v) is 8.14. The number of aliphatic hydroxyl groups is 3. The Morgan fingerprint density at radius 1 is 1.29 bits per heavy atom. The van der Waals surface area contributed by atoms with Crippen LogP contribution in [0.25, 0.3) is 21.9 Å². The maximum atomic E-state index is 10.4. The molecule has 0 radical (unpaired) electrons. The van der Waals surface area contributed by atoms with Crippen LogP contribution in [-0.2, 0) is 4.74 Å². The number of hydrogen-bond donors (Lipinski definition) is 4. The fourth-order valence-electron chi connectivity index (χ4n) is 2.84. The first kappa shape index (κ1) is 15.4. The van der Waals surface area contributed by atoms with Crippen molar-refractivity contribution in [2.24, 2.45) is 0 Å². The summed E-state index contributed by atoms with van der Waals surface area (Å²) >= 11 is 1.46. The summed E-state index contributed by atoms with van der Waals surface area (Å²) in [6, 6.07) is 3.74. The maximum Gasteiger partial charge on any atom is 0.168 e. The molecule has 1 fully saturated rings. The van der Waals surface area contributed by atoms with Gasteiger partial charge in [-0.3, -0.25) is 4.57 Å². The first-order chi connectivity index (χ1) is 11.6. The van der Waals surface area contributed by atoms with Crippen molar-refractivity contribution < 1.29 is 20.1 Å². The van der Waals surface area contributed by atoms with E-state index in [2.05, 4.69) is 15.0 Å². The summed E-state index contributed by atoms with van der Waals surface area (Å²) in [5.41, 5.74) is 6.67. The number of aromatic nitrogens is 4. The molecule has 4 atom stereocenters. The van der Waals surface area contributed by atoms with Crippen molar-refractivity contribution in [1.82, 2.24) is 19.5 Å². The van der Waals surface area contributed by atoms with Crippen molar-refractivity contribution in [2.75, 3.05) is 12.3 Å². The number of rotatable bonds is 3. The topological polar surface area (TPSA) is 140 Å². The van der Waals surface area contributed by atoms with Crippen LogP contribution in [0, 0.1) is 0 Å². The van der Waals surface area contributed by atoms with Crippen LogP contribution in [0.2, 0.25) is 0 Å². The summed E-state index contributed by atoms with van der Waals surface area (Å²) in [6.07, 6.45) is -3.00. The fourth-order valence-corrected chi connectivity index (χ4v) is 3.55. The van der Waals surface area contributed by atoms with E-state index >= 15 is 0 Å². The minimum absolute atomic E-state index is 0.211. The number of nitrogen functional groups attached to an aromatic ring is 1. The molecule has 0 bridgehead atoms. The van der Waals surface area contributed by atoms with Crippen molar-refractivity contribution in [3.05, 3.63) is 23.8 Å². The van der Waals surface area contributed by atoms with Gasteiger partial charge in [0.25, 0.3) is 0 Å². The molecule has 3 aromatic heterocycles. The summed E-state index contributed by atoms with van der Waals surface area (Å²) in [6.45, 7) is -0.410. The Labute approximate surface area is 140 Å². The summed E-state index contributed by atoms with van der Waals surface area (Å²) in [7, 11) is 0. The smallest absolute Gasteiger partial charge is 0.168 e. The molecule has 0 aliphatic carbocycles. The lowest BCUT2D eigenvalue weighted by atomic mass is 10.1. The average Bonchev–Trinajstić information content (AvgIpc) is 3.27. The summed E-state index contributed by atoms with van der Waals surface area (Å²) in [5, 5.41) is 31.6. The molecule has 10 heteroatoms. The van der Waals surface area contributed by atoms with Gasteiger partial charge in [0.15, 0.2) is 29.0 Å². The van der Waals surface area contributed by atoms with Crippen LogP contribution in [0.15, 0.2) is 23.8 Å². The number of imidazole rings is 1. The van der Waals surface area contributed by atoms with Gasteiger partial charge in [0.2, 0.25) is 0 Å². The SMILES string of the molecule is Nc1ncnc2c1nc(-c1cccs1)n2[C@@H]1O[C@H](CO)C(O)C1O. The Morgan fingerprint density at radius 2 is 2.12 bits per heavy atom. The van der Waals surface area contributed by atoms with E-state index in [0.717, 1.165) is 4.88 Å². The van der Waals surface area contributed by atoms with Gasteiger partial charge in [0, 0.05) is 0 Å². The Balaban J connectivity index is 1.94. The maximum absolute atomic E-state index is 10.4. The molecule has 4 heterocycles. The third-order valence-corrected chi connectivity index (χ3v) is 4.88. The zero-order chi connectivity index (χ0) is 16.8. The predicted octanol–water partition coefficient (Wildman–Crippen LogP) is -0.252. The molecule has 0 aromatic carbocycles. The molecular formula is C14H15N5O4S. The third kappa shape index (κ3) is 2.19. The molecule has 0 saturated carbocycles. The largest absolute Gasteiger partial charge is 0.394 e. The number of nitrogens with two attached hydrogens (primary N) is 1. The third-order valence-electron chi connectivity index (χ3n) is 4.02. The van der Waals surface area contributed by atoms with Gasteiger partial charge >= 0.3 is 0 Å². The highest BCUT2D eigenvalue weighted by Crippen LogP contribution is 2.37. The van der Waals surface area contributed by atoms with E-state index in [-0.39, 0.29) is 5.82 Å². The molecule has 3 aromatic rings. The number of nitrogens with zero attached hydrogens (tertiary/aromatic N) is 4. The van der Waals surface area contributed by atoms with Gasteiger partial charge in [0.1, 0.15) is 24.6 Å². The lowest BCUT2D eigenvalue weighted by molar-refractivity contribution is -0.0503. The second kappa shape index (κ2) is 5.76. The van der Waals surface area contributed by atoms with Gasteiger partial charge in [-0.15, -0.1) is 11.3 Å². The van der Waals surface area contributed by atoms with E-state index in [1.807, 2.05) is 17.5 Å². The van der Waals surface area contributed by atoms with Crippen LogP contribution in [0.3, 0.4) is 0 Å². The molecular weight excluding hydrogens is 334 g/mol. The number of thiophene rings is 1. The molecule has 1 aliphatic heterocycles. The van der Waals surface area contributed by atoms with Gasteiger partial charge in [-0.05, 0) is 11.4 Å². The van der Waals surface area contributed by atoms with Crippen LogP contribution in [-0.4, -0.2) is 59.8 Å². The second-order valence-corrected chi connectivity index (χ2v) is 6.39. The Kier molecular flexibility index (Phi) is 3.70. The van der Waals surface area contributed by atoms with E-state index in [9.17, 15) is 15.3 Å². The lowest BCUT2D eigenvalue weighted by Crippen LogP contribution is -2.33. The van der Waals surface area contributed by atoms with E-state index in [0.29, 0.717) is 17.0 Å². The zero-order valence-corrected chi connectivity index (χ0v) is 13.2. The number of fused-ring (bicyclic) bond motifs is 1. The highest BCUT2D eigenvalue weighted by atomic mass is 32.1. The summed E-state index contributed by atoms with van der Waals surface area (Å²) in [4.78, 5) is 13.5. The minimum atomic E-state index is -1.24.